The van der Waals surface area contributed by atoms with Crippen molar-refractivity contribution in [2.75, 3.05) is 17.0 Å². The molecule has 0 bridgehead atoms. The SMILES string of the molecule is Cc1ccc(N2N=C(C(F)(F)F)C(=CC=C3N(C)c4ccccc4C3(C)C)C2=O)cc1. The Hall–Kier alpha value is -3.35. The van der Waals surface area contributed by atoms with E-state index in [1.54, 1.807) is 30.3 Å². The second-order valence-electron chi connectivity index (χ2n) is 8.23. The Morgan fingerprint density at radius 2 is 1.65 bits per heavy atom. The van der Waals surface area contributed by atoms with Crippen LogP contribution in [0.15, 0.2) is 77.1 Å². The zero-order valence-electron chi connectivity index (χ0n) is 17.7. The predicted octanol–water partition coefficient (Wildman–Crippen LogP) is 5.50. The number of hydrazone groups is 1. The molecule has 0 atom stereocenters. The van der Waals surface area contributed by atoms with Gasteiger partial charge in [0.05, 0.1) is 11.3 Å². The first-order chi connectivity index (χ1) is 14.5. The zero-order chi connectivity index (χ0) is 22.6. The Balaban J connectivity index is 1.77. The maximum atomic E-state index is 13.7. The van der Waals surface area contributed by atoms with E-state index in [4.69, 9.17) is 0 Å². The molecule has 0 radical (unpaired) electrons. The van der Waals surface area contributed by atoms with E-state index in [0.717, 1.165) is 27.5 Å². The summed E-state index contributed by atoms with van der Waals surface area (Å²) in [5.74, 6) is -0.802. The highest BCUT2D eigenvalue weighted by Gasteiger charge is 2.47. The number of anilines is 2. The Bertz CT molecular complexity index is 1140. The number of likely N-dealkylation sites (N-methyl/N-ethyl adjacent to an activating group) is 1. The first-order valence-corrected chi connectivity index (χ1v) is 9.85. The number of hydrogen-bond acceptors (Lipinski definition) is 3. The predicted molar refractivity (Wildman–Crippen MR) is 116 cm³/mol. The monoisotopic (exact) mass is 425 g/mol. The minimum atomic E-state index is -4.75. The van der Waals surface area contributed by atoms with Gasteiger partial charge in [-0.1, -0.05) is 49.7 Å². The van der Waals surface area contributed by atoms with Crippen LogP contribution in [0.1, 0.15) is 25.0 Å². The number of amides is 1. The van der Waals surface area contributed by atoms with Crippen LogP contribution < -0.4 is 9.91 Å². The molecule has 0 saturated carbocycles. The van der Waals surface area contributed by atoms with Crippen molar-refractivity contribution in [2.45, 2.75) is 32.4 Å². The Morgan fingerprint density at radius 3 is 2.26 bits per heavy atom. The van der Waals surface area contributed by atoms with Crippen molar-refractivity contribution in [1.29, 1.82) is 0 Å². The standard InChI is InChI=1S/C24H22F3N3O/c1-15-9-11-16(12-10-15)30-22(31)17(21(28-30)24(25,26)27)13-14-20-23(2,3)18-7-5-6-8-19(18)29(20)4/h5-14H,1-4H3. The number of rotatable bonds is 2. The average Bonchev–Trinajstić information content (AvgIpc) is 3.14. The van der Waals surface area contributed by atoms with E-state index in [0.29, 0.717) is 5.69 Å². The second-order valence-corrected chi connectivity index (χ2v) is 8.23. The molecule has 2 aliphatic rings. The minimum Gasteiger partial charge on any atom is -0.347 e. The van der Waals surface area contributed by atoms with E-state index in [-0.39, 0.29) is 0 Å². The van der Waals surface area contributed by atoms with Crippen LogP contribution in [0.2, 0.25) is 0 Å². The van der Waals surface area contributed by atoms with Gasteiger partial charge in [-0.3, -0.25) is 4.79 Å². The van der Waals surface area contributed by atoms with E-state index in [1.165, 1.54) is 6.08 Å². The van der Waals surface area contributed by atoms with Crippen LogP contribution >= 0.6 is 0 Å². The lowest BCUT2D eigenvalue weighted by Crippen LogP contribution is -2.26. The maximum Gasteiger partial charge on any atom is 0.435 e. The molecular formula is C24H22F3N3O. The Morgan fingerprint density at radius 1 is 1.00 bits per heavy atom. The molecule has 2 aromatic rings. The van der Waals surface area contributed by atoms with Crippen LogP contribution in [-0.4, -0.2) is 24.8 Å². The molecule has 0 unspecified atom stereocenters. The Labute approximate surface area is 179 Å². The minimum absolute atomic E-state index is 0.291. The number of alkyl halides is 3. The van der Waals surface area contributed by atoms with Crippen molar-refractivity contribution in [3.05, 3.63) is 83.1 Å². The van der Waals surface area contributed by atoms with Crippen LogP contribution in [0.5, 0.6) is 0 Å². The zero-order valence-corrected chi connectivity index (χ0v) is 17.7. The third kappa shape index (κ3) is 3.44. The van der Waals surface area contributed by atoms with Crippen molar-refractivity contribution < 1.29 is 18.0 Å². The van der Waals surface area contributed by atoms with Gasteiger partial charge in [0.25, 0.3) is 5.91 Å². The maximum absolute atomic E-state index is 13.7. The number of carbonyl (C=O) groups excluding carboxylic acids is 1. The summed E-state index contributed by atoms with van der Waals surface area (Å²) in [5, 5.41) is 4.44. The van der Waals surface area contributed by atoms with Gasteiger partial charge in [-0.05, 0) is 42.8 Å². The molecule has 31 heavy (non-hydrogen) atoms. The van der Waals surface area contributed by atoms with Crippen LogP contribution in [0, 0.1) is 6.92 Å². The first kappa shape index (κ1) is 20.9. The second kappa shape index (κ2) is 7.11. The van der Waals surface area contributed by atoms with Crippen LogP contribution in [0.3, 0.4) is 0 Å². The third-order valence-corrected chi connectivity index (χ3v) is 5.77. The molecular weight excluding hydrogens is 403 g/mol. The third-order valence-electron chi connectivity index (χ3n) is 5.77. The molecule has 0 aliphatic carbocycles. The Kier molecular flexibility index (Phi) is 4.80. The molecule has 2 aliphatic heterocycles. The van der Waals surface area contributed by atoms with Gasteiger partial charge in [0, 0.05) is 23.8 Å². The van der Waals surface area contributed by atoms with Gasteiger partial charge in [-0.25, -0.2) is 0 Å². The summed E-state index contributed by atoms with van der Waals surface area (Å²) in [5.41, 5.74) is 2.00. The molecule has 4 nitrogen and oxygen atoms in total. The lowest BCUT2D eigenvalue weighted by atomic mass is 9.83. The quantitative estimate of drug-likeness (QED) is 0.596. The van der Waals surface area contributed by atoms with E-state index in [9.17, 15) is 18.0 Å². The summed E-state index contributed by atoms with van der Waals surface area (Å²) >= 11 is 0. The molecule has 0 fully saturated rings. The number of para-hydroxylation sites is 1. The fraction of sp³-hybridized carbons (Fsp3) is 0.250. The highest BCUT2D eigenvalue weighted by Crippen LogP contribution is 2.46. The number of nitrogens with zero attached hydrogens (tertiary/aromatic N) is 3. The summed E-state index contributed by atoms with van der Waals surface area (Å²) in [7, 11) is 1.87. The summed E-state index contributed by atoms with van der Waals surface area (Å²) in [6, 6.07) is 14.4. The highest BCUT2D eigenvalue weighted by molar-refractivity contribution is 6.32. The molecule has 0 spiro atoms. The molecule has 1 amide bonds. The van der Waals surface area contributed by atoms with E-state index >= 15 is 0 Å². The normalized spacial score (nSPS) is 20.6. The average molecular weight is 425 g/mol. The topological polar surface area (TPSA) is 35.9 Å². The van der Waals surface area contributed by atoms with Gasteiger partial charge in [0.1, 0.15) is 0 Å². The summed E-state index contributed by atoms with van der Waals surface area (Å²) in [6.45, 7) is 5.87. The number of benzene rings is 2. The molecule has 2 aromatic carbocycles. The molecule has 7 heteroatoms. The highest BCUT2D eigenvalue weighted by atomic mass is 19.4. The summed E-state index contributed by atoms with van der Waals surface area (Å²) in [4.78, 5) is 14.9. The van der Waals surface area contributed by atoms with Crippen LogP contribution in [0.25, 0.3) is 0 Å². The molecule has 2 heterocycles. The van der Waals surface area contributed by atoms with Crippen molar-refractivity contribution in [3.8, 4) is 0 Å². The number of hydrogen-bond donors (Lipinski definition) is 0. The molecule has 0 saturated heterocycles. The summed E-state index contributed by atoms with van der Waals surface area (Å²) in [6.07, 6.45) is -1.92. The fourth-order valence-corrected chi connectivity index (χ4v) is 4.10. The van der Waals surface area contributed by atoms with Gasteiger partial charge >= 0.3 is 6.18 Å². The van der Waals surface area contributed by atoms with Gasteiger partial charge in [0.2, 0.25) is 0 Å². The first-order valence-electron chi connectivity index (χ1n) is 9.85. The van der Waals surface area contributed by atoms with Crippen molar-refractivity contribution in [3.63, 3.8) is 0 Å². The van der Waals surface area contributed by atoms with Gasteiger partial charge in [-0.2, -0.15) is 23.3 Å². The number of halogens is 3. The number of aryl methyl sites for hydroxylation is 1. The van der Waals surface area contributed by atoms with Crippen LogP contribution in [-0.2, 0) is 10.2 Å². The molecule has 4 rings (SSSR count). The smallest absolute Gasteiger partial charge is 0.347 e. The van der Waals surface area contributed by atoms with Crippen LogP contribution in [0.4, 0.5) is 24.5 Å². The van der Waals surface area contributed by atoms with Gasteiger partial charge in [-0.15, -0.1) is 0 Å². The van der Waals surface area contributed by atoms with E-state index < -0.39 is 28.8 Å². The number of allylic oxidation sites excluding steroid dienone is 3. The van der Waals surface area contributed by atoms with E-state index in [2.05, 4.69) is 5.10 Å². The number of fused-ring (bicyclic) bond motifs is 1. The van der Waals surface area contributed by atoms with Crippen molar-refractivity contribution >= 4 is 23.0 Å². The van der Waals surface area contributed by atoms with Crippen molar-refractivity contribution in [1.82, 2.24) is 0 Å². The van der Waals surface area contributed by atoms with Crippen molar-refractivity contribution in [2.24, 2.45) is 5.10 Å². The molecule has 160 valence electrons. The fourth-order valence-electron chi connectivity index (χ4n) is 4.10. The lowest BCUT2D eigenvalue weighted by molar-refractivity contribution is -0.114. The molecule has 0 aromatic heterocycles. The van der Waals surface area contributed by atoms with Gasteiger partial charge < -0.3 is 4.90 Å². The van der Waals surface area contributed by atoms with Gasteiger partial charge in [0.15, 0.2) is 5.71 Å². The number of carbonyl (C=O) groups is 1. The van der Waals surface area contributed by atoms with E-state index in [1.807, 2.05) is 57.0 Å². The summed E-state index contributed by atoms with van der Waals surface area (Å²) < 4.78 is 41.1. The largest absolute Gasteiger partial charge is 0.435 e. The molecule has 0 N–H and O–H groups in total. The lowest BCUT2D eigenvalue weighted by Gasteiger charge is -2.23.